The van der Waals surface area contributed by atoms with Crippen LogP contribution in [0.15, 0.2) is 54.6 Å². The number of urea groups is 1. The lowest BCUT2D eigenvalue weighted by Crippen LogP contribution is -2.30. The molecule has 2 aromatic rings. The molecule has 0 aliphatic carbocycles. The molecule has 5 nitrogen and oxygen atoms in total. The van der Waals surface area contributed by atoms with E-state index in [0.29, 0.717) is 0 Å². The molecular formula is C17H14N2O3. The number of carbonyl (C=O) groups excluding carboxylic acids is 3. The van der Waals surface area contributed by atoms with E-state index in [-0.39, 0.29) is 6.54 Å². The molecule has 0 bridgehead atoms. The van der Waals surface area contributed by atoms with Crippen molar-refractivity contribution in [3.05, 3.63) is 60.2 Å². The zero-order valence-electron chi connectivity index (χ0n) is 12.0. The first kappa shape index (κ1) is 14.0. The zero-order valence-corrected chi connectivity index (χ0v) is 12.0. The molecule has 1 aliphatic rings. The molecule has 5 heteroatoms. The number of rotatable bonds is 3. The lowest BCUT2D eigenvalue weighted by atomic mass is 10.0. The largest absolute Gasteiger partial charge is 0.334 e. The van der Waals surface area contributed by atoms with Crippen molar-refractivity contribution >= 4 is 17.8 Å². The first-order valence-corrected chi connectivity index (χ1v) is 6.86. The van der Waals surface area contributed by atoms with Crippen LogP contribution in [0.1, 0.15) is 5.56 Å². The SMILES string of the molecule is CN1C(=O)C(=O)N(Cc2ccc(-c3ccccc3)cc2)C1=O. The van der Waals surface area contributed by atoms with Crippen molar-refractivity contribution in [3.63, 3.8) is 0 Å². The molecule has 0 spiro atoms. The second kappa shape index (κ2) is 5.44. The molecule has 0 unspecified atom stereocenters. The third-order valence-corrected chi connectivity index (χ3v) is 3.65. The van der Waals surface area contributed by atoms with Crippen molar-refractivity contribution < 1.29 is 14.4 Å². The molecule has 2 aromatic carbocycles. The van der Waals surface area contributed by atoms with Gasteiger partial charge in [-0.25, -0.2) is 4.79 Å². The van der Waals surface area contributed by atoms with Crippen molar-refractivity contribution in [3.8, 4) is 11.1 Å². The topological polar surface area (TPSA) is 57.7 Å². The Kier molecular flexibility index (Phi) is 3.47. The van der Waals surface area contributed by atoms with Gasteiger partial charge in [-0.05, 0) is 16.7 Å². The molecule has 1 saturated heterocycles. The summed E-state index contributed by atoms with van der Waals surface area (Å²) < 4.78 is 0. The van der Waals surface area contributed by atoms with Crippen LogP contribution in [0.4, 0.5) is 4.79 Å². The summed E-state index contributed by atoms with van der Waals surface area (Å²) in [6, 6.07) is 16.9. The number of hydrogen-bond acceptors (Lipinski definition) is 3. The monoisotopic (exact) mass is 294 g/mol. The summed E-state index contributed by atoms with van der Waals surface area (Å²) in [6.45, 7) is 0.100. The van der Waals surface area contributed by atoms with Gasteiger partial charge < -0.3 is 0 Å². The number of likely N-dealkylation sites (N-methyl/N-ethyl adjacent to an activating group) is 1. The third kappa shape index (κ3) is 2.37. The Bertz CT molecular complexity index is 738. The Morgan fingerprint density at radius 1 is 0.773 bits per heavy atom. The van der Waals surface area contributed by atoms with Gasteiger partial charge in [-0.2, -0.15) is 0 Å². The first-order chi connectivity index (χ1) is 10.6. The van der Waals surface area contributed by atoms with Gasteiger partial charge in [0.1, 0.15) is 0 Å². The highest BCUT2D eigenvalue weighted by Gasteiger charge is 2.41. The molecule has 0 saturated carbocycles. The Morgan fingerprint density at radius 2 is 1.36 bits per heavy atom. The molecule has 1 fully saturated rings. The van der Waals surface area contributed by atoms with Crippen LogP contribution in [0.25, 0.3) is 11.1 Å². The second-order valence-corrected chi connectivity index (χ2v) is 5.10. The minimum absolute atomic E-state index is 0.100. The maximum Gasteiger partial charge on any atom is 0.334 e. The molecule has 4 amide bonds. The van der Waals surface area contributed by atoms with Crippen LogP contribution in [0, 0.1) is 0 Å². The van der Waals surface area contributed by atoms with E-state index in [0.717, 1.165) is 26.5 Å². The normalized spacial score (nSPS) is 14.9. The molecule has 22 heavy (non-hydrogen) atoms. The van der Waals surface area contributed by atoms with Gasteiger partial charge in [0.05, 0.1) is 6.54 Å². The lowest BCUT2D eigenvalue weighted by molar-refractivity contribution is -0.143. The van der Waals surface area contributed by atoms with Gasteiger partial charge in [0, 0.05) is 7.05 Å². The van der Waals surface area contributed by atoms with E-state index in [2.05, 4.69) is 0 Å². The Morgan fingerprint density at radius 3 is 1.91 bits per heavy atom. The van der Waals surface area contributed by atoms with E-state index < -0.39 is 17.8 Å². The van der Waals surface area contributed by atoms with Crippen LogP contribution in [-0.2, 0) is 16.1 Å². The van der Waals surface area contributed by atoms with E-state index in [4.69, 9.17) is 0 Å². The maximum absolute atomic E-state index is 11.8. The van der Waals surface area contributed by atoms with Gasteiger partial charge in [-0.15, -0.1) is 0 Å². The molecule has 1 aliphatic heterocycles. The first-order valence-electron chi connectivity index (χ1n) is 6.86. The zero-order chi connectivity index (χ0) is 15.7. The van der Waals surface area contributed by atoms with Crippen molar-refractivity contribution in [2.45, 2.75) is 6.54 Å². The van der Waals surface area contributed by atoms with Crippen molar-refractivity contribution in [1.82, 2.24) is 9.80 Å². The molecular weight excluding hydrogens is 280 g/mol. The Balaban J connectivity index is 1.79. The predicted octanol–water partition coefficient (Wildman–Crippen LogP) is 2.27. The van der Waals surface area contributed by atoms with Crippen molar-refractivity contribution in [2.24, 2.45) is 0 Å². The average molecular weight is 294 g/mol. The number of benzene rings is 2. The fourth-order valence-corrected chi connectivity index (χ4v) is 2.37. The Labute approximate surface area is 127 Å². The van der Waals surface area contributed by atoms with Crippen LogP contribution in [0.3, 0.4) is 0 Å². The highest BCUT2D eigenvalue weighted by atomic mass is 16.2. The third-order valence-electron chi connectivity index (χ3n) is 3.65. The van der Waals surface area contributed by atoms with Crippen LogP contribution in [-0.4, -0.2) is 34.7 Å². The lowest BCUT2D eigenvalue weighted by Gasteiger charge is -2.13. The van der Waals surface area contributed by atoms with E-state index in [1.807, 2.05) is 54.6 Å². The summed E-state index contributed by atoms with van der Waals surface area (Å²) in [5, 5.41) is 0. The van der Waals surface area contributed by atoms with E-state index in [1.54, 1.807) is 0 Å². The van der Waals surface area contributed by atoms with Crippen molar-refractivity contribution in [2.75, 3.05) is 7.05 Å². The fourth-order valence-electron chi connectivity index (χ4n) is 2.37. The molecule has 0 atom stereocenters. The predicted molar refractivity (Wildman–Crippen MR) is 80.6 cm³/mol. The smallest absolute Gasteiger partial charge is 0.263 e. The standard InChI is InChI=1S/C17H14N2O3/c1-18-15(20)16(21)19(17(18)22)11-12-7-9-14(10-8-12)13-5-3-2-4-6-13/h2-10H,11H2,1H3. The van der Waals surface area contributed by atoms with Gasteiger partial charge >= 0.3 is 17.8 Å². The molecule has 0 N–H and O–H groups in total. The van der Waals surface area contributed by atoms with E-state index in [9.17, 15) is 14.4 Å². The minimum atomic E-state index is -0.786. The van der Waals surface area contributed by atoms with Crippen LogP contribution >= 0.6 is 0 Å². The van der Waals surface area contributed by atoms with Crippen LogP contribution in [0.5, 0.6) is 0 Å². The quantitative estimate of drug-likeness (QED) is 0.644. The number of amides is 4. The fraction of sp³-hybridized carbons (Fsp3) is 0.118. The highest BCUT2D eigenvalue weighted by molar-refractivity contribution is 6.44. The number of carbonyl (C=O) groups is 3. The molecule has 110 valence electrons. The average Bonchev–Trinajstić information content (AvgIpc) is 2.74. The number of nitrogens with zero attached hydrogens (tertiary/aromatic N) is 2. The second-order valence-electron chi connectivity index (χ2n) is 5.10. The summed E-state index contributed by atoms with van der Waals surface area (Å²) in [5.41, 5.74) is 2.94. The molecule has 3 rings (SSSR count). The van der Waals surface area contributed by atoms with Crippen molar-refractivity contribution in [1.29, 1.82) is 0 Å². The van der Waals surface area contributed by atoms with Gasteiger partial charge in [0.15, 0.2) is 0 Å². The van der Waals surface area contributed by atoms with E-state index >= 15 is 0 Å². The van der Waals surface area contributed by atoms with E-state index in [1.165, 1.54) is 7.05 Å². The van der Waals surface area contributed by atoms with Crippen LogP contribution < -0.4 is 0 Å². The number of hydrogen-bond donors (Lipinski definition) is 0. The van der Waals surface area contributed by atoms with Gasteiger partial charge in [0.25, 0.3) is 0 Å². The summed E-state index contributed by atoms with van der Waals surface area (Å²) in [6.07, 6.45) is 0. The molecule has 0 aromatic heterocycles. The Hall–Kier alpha value is -2.95. The molecule has 1 heterocycles. The molecule has 0 radical (unpaired) electrons. The van der Waals surface area contributed by atoms with Gasteiger partial charge in [-0.1, -0.05) is 54.6 Å². The summed E-state index contributed by atoms with van der Waals surface area (Å²) >= 11 is 0. The summed E-state index contributed by atoms with van der Waals surface area (Å²) in [4.78, 5) is 36.8. The maximum atomic E-state index is 11.8. The van der Waals surface area contributed by atoms with Crippen LogP contribution in [0.2, 0.25) is 0 Å². The highest BCUT2D eigenvalue weighted by Crippen LogP contribution is 2.21. The van der Waals surface area contributed by atoms with Gasteiger partial charge in [-0.3, -0.25) is 19.4 Å². The summed E-state index contributed by atoms with van der Waals surface area (Å²) in [5.74, 6) is -1.56. The van der Waals surface area contributed by atoms with Gasteiger partial charge in [0.2, 0.25) is 0 Å². The summed E-state index contributed by atoms with van der Waals surface area (Å²) in [7, 11) is 1.31. The minimum Gasteiger partial charge on any atom is -0.263 e. The number of imide groups is 2.